The highest BCUT2D eigenvalue weighted by Crippen LogP contribution is 2.38. The second-order valence-electron chi connectivity index (χ2n) is 5.80. The average molecular weight is 301 g/mol. The number of fused-ring (bicyclic) bond motifs is 1. The molecule has 21 heavy (non-hydrogen) atoms. The fourth-order valence-corrected chi connectivity index (χ4v) is 4.32. The van der Waals surface area contributed by atoms with Gasteiger partial charge in [-0.25, -0.2) is 0 Å². The molecular formula is C17H23N3S. The van der Waals surface area contributed by atoms with Crippen LogP contribution in [0.1, 0.15) is 59.8 Å². The average Bonchev–Trinajstić information content (AvgIpc) is 3.01. The van der Waals surface area contributed by atoms with Crippen LogP contribution in [-0.2, 0) is 12.8 Å². The summed E-state index contributed by atoms with van der Waals surface area (Å²) in [5.41, 5.74) is 4.25. The molecule has 3 nitrogen and oxygen atoms in total. The van der Waals surface area contributed by atoms with Gasteiger partial charge in [-0.1, -0.05) is 35.7 Å². The van der Waals surface area contributed by atoms with Crippen LogP contribution in [-0.4, -0.2) is 16.6 Å². The van der Waals surface area contributed by atoms with Crippen LogP contribution in [0.25, 0.3) is 0 Å². The highest BCUT2D eigenvalue weighted by atomic mass is 32.1. The zero-order valence-corrected chi connectivity index (χ0v) is 13.6. The van der Waals surface area contributed by atoms with Gasteiger partial charge in [-0.3, -0.25) is 0 Å². The maximum atomic E-state index is 4.27. The van der Waals surface area contributed by atoms with Crippen molar-refractivity contribution in [2.24, 2.45) is 0 Å². The highest BCUT2D eigenvalue weighted by Gasteiger charge is 2.25. The van der Waals surface area contributed by atoms with Gasteiger partial charge in [-0.15, -0.1) is 5.10 Å². The first-order valence-corrected chi connectivity index (χ1v) is 8.67. The van der Waals surface area contributed by atoms with Gasteiger partial charge >= 0.3 is 0 Å². The van der Waals surface area contributed by atoms with Crippen molar-refractivity contribution < 1.29 is 0 Å². The molecule has 1 aromatic carbocycles. The van der Waals surface area contributed by atoms with Gasteiger partial charge in [0, 0.05) is 6.04 Å². The fourth-order valence-electron chi connectivity index (χ4n) is 3.47. The molecule has 0 saturated heterocycles. The second kappa shape index (κ2) is 6.67. The number of aryl methyl sites for hydroxylation is 2. The van der Waals surface area contributed by atoms with E-state index in [-0.39, 0.29) is 0 Å². The lowest BCUT2D eigenvalue weighted by atomic mass is 9.79. The Morgan fingerprint density at radius 1 is 1.38 bits per heavy atom. The Bertz CT molecular complexity index is 593. The molecule has 2 atom stereocenters. The Kier molecular flexibility index (Phi) is 4.66. The number of nitrogens with zero attached hydrogens (tertiary/aromatic N) is 2. The molecular weight excluding hydrogens is 278 g/mol. The molecule has 0 saturated carbocycles. The number of benzene rings is 1. The van der Waals surface area contributed by atoms with Crippen LogP contribution < -0.4 is 5.32 Å². The van der Waals surface area contributed by atoms with E-state index in [9.17, 15) is 0 Å². The first-order chi connectivity index (χ1) is 10.3. The number of nitrogens with one attached hydrogen (secondary N) is 1. The molecule has 1 aliphatic rings. The smallest absolute Gasteiger partial charge is 0.0800 e. The van der Waals surface area contributed by atoms with E-state index in [2.05, 4.69) is 53.1 Å². The molecule has 1 heterocycles. The van der Waals surface area contributed by atoms with Crippen molar-refractivity contribution in [2.45, 2.75) is 51.0 Å². The minimum absolute atomic E-state index is 0.371. The molecule has 1 N–H and O–H groups in total. The fraction of sp³-hybridized carbons (Fsp3) is 0.529. The van der Waals surface area contributed by atoms with Crippen LogP contribution in [0.15, 0.2) is 24.3 Å². The van der Waals surface area contributed by atoms with Crippen LogP contribution in [0.4, 0.5) is 0 Å². The molecule has 1 aliphatic carbocycles. The van der Waals surface area contributed by atoms with Crippen LogP contribution in [0.3, 0.4) is 0 Å². The molecule has 1 aromatic heterocycles. The van der Waals surface area contributed by atoms with Gasteiger partial charge in [0.25, 0.3) is 0 Å². The van der Waals surface area contributed by atoms with Gasteiger partial charge in [0.1, 0.15) is 0 Å². The number of aromatic nitrogens is 2. The quantitative estimate of drug-likeness (QED) is 0.911. The molecule has 0 fully saturated rings. The molecule has 3 rings (SSSR count). The van der Waals surface area contributed by atoms with E-state index in [1.165, 1.54) is 24.1 Å². The first-order valence-electron chi connectivity index (χ1n) is 7.89. The maximum absolute atomic E-state index is 4.27. The predicted octanol–water partition coefficient (Wildman–Crippen LogP) is 3.87. The molecule has 0 spiro atoms. The first kappa shape index (κ1) is 14.7. The number of hydrogen-bond donors (Lipinski definition) is 1. The van der Waals surface area contributed by atoms with Crippen LogP contribution in [0, 0.1) is 0 Å². The number of rotatable bonds is 5. The lowest BCUT2D eigenvalue weighted by Crippen LogP contribution is -2.21. The van der Waals surface area contributed by atoms with Crippen LogP contribution >= 0.6 is 11.5 Å². The lowest BCUT2D eigenvalue weighted by Gasteiger charge is -2.28. The van der Waals surface area contributed by atoms with Crippen molar-refractivity contribution in [1.82, 2.24) is 14.9 Å². The molecule has 0 aliphatic heterocycles. The Balaban J connectivity index is 1.82. The Morgan fingerprint density at radius 3 is 3.05 bits per heavy atom. The minimum atomic E-state index is 0.371. The maximum Gasteiger partial charge on any atom is 0.0800 e. The van der Waals surface area contributed by atoms with Crippen molar-refractivity contribution in [3.05, 3.63) is 46.0 Å². The summed E-state index contributed by atoms with van der Waals surface area (Å²) >= 11 is 1.55. The van der Waals surface area contributed by atoms with E-state index in [4.69, 9.17) is 0 Å². The summed E-state index contributed by atoms with van der Waals surface area (Å²) in [6, 6.07) is 9.33. The van der Waals surface area contributed by atoms with Gasteiger partial charge < -0.3 is 5.32 Å². The monoisotopic (exact) mass is 301 g/mol. The van der Waals surface area contributed by atoms with Gasteiger partial charge in [0.2, 0.25) is 0 Å². The Labute approximate surface area is 131 Å². The summed E-state index contributed by atoms with van der Waals surface area (Å²) in [7, 11) is 2.05. The summed E-state index contributed by atoms with van der Waals surface area (Å²) in [5.74, 6) is 0.652. The van der Waals surface area contributed by atoms with E-state index in [0.717, 1.165) is 18.5 Å². The van der Waals surface area contributed by atoms with Gasteiger partial charge in [-0.05, 0) is 67.7 Å². The second-order valence-corrected chi connectivity index (χ2v) is 6.59. The highest BCUT2D eigenvalue weighted by molar-refractivity contribution is 7.05. The minimum Gasteiger partial charge on any atom is -0.312 e. The van der Waals surface area contributed by atoms with Gasteiger partial charge in [0.15, 0.2) is 0 Å². The summed E-state index contributed by atoms with van der Waals surface area (Å²) in [6.45, 7) is 2.16. The van der Waals surface area contributed by atoms with E-state index >= 15 is 0 Å². The van der Waals surface area contributed by atoms with Crippen molar-refractivity contribution in [2.75, 3.05) is 7.05 Å². The summed E-state index contributed by atoms with van der Waals surface area (Å²) in [5, 5.41) is 7.76. The zero-order valence-electron chi connectivity index (χ0n) is 12.8. The Morgan fingerprint density at radius 2 is 2.24 bits per heavy atom. The van der Waals surface area contributed by atoms with Gasteiger partial charge in [-0.2, -0.15) is 0 Å². The molecule has 0 bridgehead atoms. The molecule has 0 radical (unpaired) electrons. The summed E-state index contributed by atoms with van der Waals surface area (Å²) < 4.78 is 4.15. The standard InChI is InChI=1S/C17H23N3S/c1-3-15-17(21-20-19-15)16(18-2)11-13-9-6-8-12-7-4-5-10-14(12)13/h4-5,7,10,13,16,18H,3,6,8-9,11H2,1-2H3. The predicted molar refractivity (Wildman–Crippen MR) is 87.8 cm³/mol. The van der Waals surface area contributed by atoms with Crippen LogP contribution in [0.5, 0.6) is 0 Å². The van der Waals surface area contributed by atoms with E-state index in [1.54, 1.807) is 22.7 Å². The molecule has 0 amide bonds. The van der Waals surface area contributed by atoms with Crippen molar-refractivity contribution in [1.29, 1.82) is 0 Å². The van der Waals surface area contributed by atoms with Crippen molar-refractivity contribution >= 4 is 11.5 Å². The molecule has 2 unspecified atom stereocenters. The van der Waals surface area contributed by atoms with Crippen molar-refractivity contribution in [3.8, 4) is 0 Å². The molecule has 4 heteroatoms. The zero-order chi connectivity index (χ0) is 14.7. The lowest BCUT2D eigenvalue weighted by molar-refractivity contribution is 0.442. The third kappa shape index (κ3) is 3.01. The number of hydrogen-bond acceptors (Lipinski definition) is 4. The van der Waals surface area contributed by atoms with Crippen LogP contribution in [0.2, 0.25) is 0 Å². The largest absolute Gasteiger partial charge is 0.312 e. The summed E-state index contributed by atoms with van der Waals surface area (Å²) in [6.07, 6.45) is 5.94. The molecule has 2 aromatic rings. The van der Waals surface area contributed by atoms with E-state index in [0.29, 0.717) is 12.0 Å². The normalized spacial score (nSPS) is 19.2. The molecule has 112 valence electrons. The SMILES string of the molecule is CCc1nnsc1C(CC1CCCc2ccccc21)NC. The topological polar surface area (TPSA) is 37.8 Å². The van der Waals surface area contributed by atoms with Crippen molar-refractivity contribution in [3.63, 3.8) is 0 Å². The summed E-state index contributed by atoms with van der Waals surface area (Å²) in [4.78, 5) is 1.32. The van der Waals surface area contributed by atoms with E-state index < -0.39 is 0 Å². The van der Waals surface area contributed by atoms with E-state index in [1.807, 2.05) is 0 Å². The Hall–Kier alpha value is -1.26. The van der Waals surface area contributed by atoms with Gasteiger partial charge in [0.05, 0.1) is 10.6 Å². The third-order valence-corrected chi connectivity index (χ3v) is 5.48. The third-order valence-electron chi connectivity index (χ3n) is 4.60.